The van der Waals surface area contributed by atoms with E-state index in [9.17, 15) is 4.79 Å². The van der Waals surface area contributed by atoms with E-state index in [0.717, 1.165) is 24.5 Å². The molecule has 2 atom stereocenters. The van der Waals surface area contributed by atoms with Gasteiger partial charge in [0.05, 0.1) is 5.56 Å². The lowest BCUT2D eigenvalue weighted by molar-refractivity contribution is 0.0696. The molecule has 1 aliphatic rings. The summed E-state index contributed by atoms with van der Waals surface area (Å²) in [5, 5.41) is 12.3. The molecule has 0 aromatic carbocycles. The third kappa shape index (κ3) is 2.96. The van der Waals surface area contributed by atoms with Gasteiger partial charge in [-0.05, 0) is 44.2 Å². The van der Waals surface area contributed by atoms with Crippen LogP contribution < -0.4 is 5.32 Å². The number of anilines is 1. The van der Waals surface area contributed by atoms with Gasteiger partial charge in [0.2, 0.25) is 0 Å². The third-order valence-corrected chi connectivity index (χ3v) is 3.25. The van der Waals surface area contributed by atoms with Crippen molar-refractivity contribution < 1.29 is 9.90 Å². The molecule has 0 radical (unpaired) electrons. The van der Waals surface area contributed by atoms with E-state index in [-0.39, 0.29) is 0 Å². The zero-order valence-electron chi connectivity index (χ0n) is 10.2. The van der Waals surface area contributed by atoms with Crippen molar-refractivity contribution in [3.63, 3.8) is 0 Å². The van der Waals surface area contributed by atoms with Crippen LogP contribution in [0.25, 0.3) is 0 Å². The highest BCUT2D eigenvalue weighted by atomic mass is 16.4. The summed E-state index contributed by atoms with van der Waals surface area (Å²) in [5.74, 6) is 0.524. The van der Waals surface area contributed by atoms with Crippen molar-refractivity contribution >= 4 is 11.8 Å². The summed E-state index contributed by atoms with van der Waals surface area (Å²) >= 11 is 0. The Kier molecular flexibility index (Phi) is 3.31. The maximum absolute atomic E-state index is 10.9. The Morgan fingerprint density at radius 3 is 2.82 bits per heavy atom. The molecule has 0 bridgehead atoms. The van der Waals surface area contributed by atoms with Crippen LogP contribution in [0.1, 0.15) is 42.2 Å². The van der Waals surface area contributed by atoms with Gasteiger partial charge in [0, 0.05) is 11.7 Å². The second-order valence-electron chi connectivity index (χ2n) is 4.95. The average Bonchev–Trinajstić information content (AvgIpc) is 2.63. The van der Waals surface area contributed by atoms with Crippen LogP contribution in [0.5, 0.6) is 0 Å². The van der Waals surface area contributed by atoms with Gasteiger partial charge in [-0.15, -0.1) is 0 Å². The number of aromatic carboxylic acids is 1. The van der Waals surface area contributed by atoms with Gasteiger partial charge in [-0.2, -0.15) is 0 Å². The monoisotopic (exact) mass is 234 g/mol. The Morgan fingerprint density at radius 2 is 2.24 bits per heavy atom. The van der Waals surface area contributed by atoms with Crippen LogP contribution in [0.15, 0.2) is 12.1 Å². The Hall–Kier alpha value is -1.58. The Balaban J connectivity index is 2.12. The van der Waals surface area contributed by atoms with Crippen LogP contribution in [0.3, 0.4) is 0 Å². The number of pyridine rings is 1. The van der Waals surface area contributed by atoms with E-state index in [1.165, 1.54) is 6.42 Å². The molecule has 0 saturated heterocycles. The van der Waals surface area contributed by atoms with Crippen LogP contribution in [-0.4, -0.2) is 22.1 Å². The molecule has 0 spiro atoms. The quantitative estimate of drug-likeness (QED) is 0.844. The van der Waals surface area contributed by atoms with Crippen molar-refractivity contribution in [3.05, 3.63) is 23.4 Å². The minimum Gasteiger partial charge on any atom is -0.478 e. The van der Waals surface area contributed by atoms with E-state index < -0.39 is 5.97 Å². The smallest absolute Gasteiger partial charge is 0.335 e. The summed E-state index contributed by atoms with van der Waals surface area (Å²) in [6.45, 7) is 4.06. The number of aromatic nitrogens is 1. The van der Waals surface area contributed by atoms with Crippen LogP contribution in [0, 0.1) is 12.8 Å². The SMILES string of the molecule is Cc1cc(C(=O)O)cc(NC2CCC(C)C2)n1. The summed E-state index contributed by atoms with van der Waals surface area (Å²) in [4.78, 5) is 15.3. The molecule has 1 fully saturated rings. The number of rotatable bonds is 3. The van der Waals surface area contributed by atoms with Crippen molar-refractivity contribution in [1.29, 1.82) is 0 Å². The highest BCUT2D eigenvalue weighted by Crippen LogP contribution is 2.27. The van der Waals surface area contributed by atoms with E-state index in [0.29, 0.717) is 17.4 Å². The van der Waals surface area contributed by atoms with E-state index >= 15 is 0 Å². The van der Waals surface area contributed by atoms with Gasteiger partial charge in [0.25, 0.3) is 0 Å². The zero-order valence-corrected chi connectivity index (χ0v) is 10.2. The summed E-state index contributed by atoms with van der Waals surface area (Å²) in [6, 6.07) is 3.63. The number of hydrogen-bond donors (Lipinski definition) is 2. The summed E-state index contributed by atoms with van der Waals surface area (Å²) in [6.07, 6.45) is 3.51. The highest BCUT2D eigenvalue weighted by Gasteiger charge is 2.21. The Morgan fingerprint density at radius 1 is 1.47 bits per heavy atom. The lowest BCUT2D eigenvalue weighted by Gasteiger charge is -2.14. The molecule has 2 rings (SSSR count). The molecule has 1 aromatic rings. The first-order valence-electron chi connectivity index (χ1n) is 6.03. The number of carboxylic acids is 1. The molecule has 1 aromatic heterocycles. The van der Waals surface area contributed by atoms with E-state index in [2.05, 4.69) is 17.2 Å². The number of hydrogen-bond acceptors (Lipinski definition) is 3. The second-order valence-corrected chi connectivity index (χ2v) is 4.95. The molecule has 17 heavy (non-hydrogen) atoms. The van der Waals surface area contributed by atoms with Crippen LogP contribution in [0.4, 0.5) is 5.82 Å². The summed E-state index contributed by atoms with van der Waals surface area (Å²) < 4.78 is 0. The minimum absolute atomic E-state index is 0.297. The van der Waals surface area contributed by atoms with Gasteiger partial charge in [0.1, 0.15) is 5.82 Å². The molecule has 92 valence electrons. The van der Waals surface area contributed by atoms with Gasteiger partial charge in [-0.25, -0.2) is 9.78 Å². The molecule has 1 heterocycles. The van der Waals surface area contributed by atoms with Crippen LogP contribution >= 0.6 is 0 Å². The van der Waals surface area contributed by atoms with Gasteiger partial charge < -0.3 is 10.4 Å². The van der Waals surface area contributed by atoms with Gasteiger partial charge in [0.15, 0.2) is 0 Å². The third-order valence-electron chi connectivity index (χ3n) is 3.25. The Labute approximate surface area is 101 Å². The Bertz CT molecular complexity index is 431. The second kappa shape index (κ2) is 4.73. The molecule has 4 nitrogen and oxygen atoms in total. The minimum atomic E-state index is -0.904. The predicted molar refractivity (Wildman–Crippen MR) is 66.4 cm³/mol. The number of nitrogens with zero attached hydrogens (tertiary/aromatic N) is 1. The number of nitrogens with one attached hydrogen (secondary N) is 1. The highest BCUT2D eigenvalue weighted by molar-refractivity contribution is 5.88. The van der Waals surface area contributed by atoms with Gasteiger partial charge in [-0.3, -0.25) is 0 Å². The first-order valence-corrected chi connectivity index (χ1v) is 6.03. The van der Waals surface area contributed by atoms with Crippen molar-refractivity contribution in [3.8, 4) is 0 Å². The molecule has 2 unspecified atom stereocenters. The normalized spacial score (nSPS) is 23.6. The first-order chi connectivity index (χ1) is 8.04. The van der Waals surface area contributed by atoms with Crippen molar-refractivity contribution in [2.45, 2.75) is 39.2 Å². The van der Waals surface area contributed by atoms with Crippen LogP contribution in [0.2, 0.25) is 0 Å². The molecule has 0 amide bonds. The zero-order chi connectivity index (χ0) is 12.4. The molecule has 1 aliphatic carbocycles. The average molecular weight is 234 g/mol. The molecule has 1 saturated carbocycles. The van der Waals surface area contributed by atoms with E-state index in [1.54, 1.807) is 12.1 Å². The maximum Gasteiger partial charge on any atom is 0.335 e. The van der Waals surface area contributed by atoms with Gasteiger partial charge >= 0.3 is 5.97 Å². The number of carbonyl (C=O) groups is 1. The lowest BCUT2D eigenvalue weighted by Crippen LogP contribution is -2.17. The van der Waals surface area contributed by atoms with Gasteiger partial charge in [-0.1, -0.05) is 6.92 Å². The fourth-order valence-electron chi connectivity index (χ4n) is 2.41. The molecule has 4 heteroatoms. The van der Waals surface area contributed by atoms with E-state index in [1.807, 2.05) is 6.92 Å². The van der Waals surface area contributed by atoms with Crippen LogP contribution in [-0.2, 0) is 0 Å². The first kappa shape index (κ1) is 11.9. The number of carboxylic acid groups (broad SMARTS) is 1. The topological polar surface area (TPSA) is 62.2 Å². The molecular weight excluding hydrogens is 216 g/mol. The summed E-state index contributed by atoms with van der Waals surface area (Å²) in [7, 11) is 0. The van der Waals surface area contributed by atoms with E-state index in [4.69, 9.17) is 5.11 Å². The van der Waals surface area contributed by atoms with Crippen molar-refractivity contribution in [1.82, 2.24) is 4.98 Å². The largest absolute Gasteiger partial charge is 0.478 e. The summed E-state index contributed by atoms with van der Waals surface area (Å²) in [5.41, 5.74) is 1.03. The molecule has 0 aliphatic heterocycles. The lowest BCUT2D eigenvalue weighted by atomic mass is 10.1. The number of aryl methyl sites for hydroxylation is 1. The predicted octanol–water partition coefficient (Wildman–Crippen LogP) is 2.69. The fourth-order valence-corrected chi connectivity index (χ4v) is 2.41. The fraction of sp³-hybridized carbons (Fsp3) is 0.538. The van der Waals surface area contributed by atoms with Crippen molar-refractivity contribution in [2.24, 2.45) is 5.92 Å². The standard InChI is InChI=1S/C13H18N2O2/c1-8-3-4-11(5-8)15-12-7-10(13(16)17)6-9(2)14-12/h6-8,11H,3-5H2,1-2H3,(H,14,15)(H,16,17). The maximum atomic E-state index is 10.9. The molecule has 2 N–H and O–H groups in total. The van der Waals surface area contributed by atoms with Crippen molar-refractivity contribution in [2.75, 3.05) is 5.32 Å². The molecular formula is C13H18N2O2.